The Hall–Kier alpha value is -0.990. The van der Waals surface area contributed by atoms with E-state index in [-0.39, 0.29) is 10.9 Å². The second kappa shape index (κ2) is 4.84. The fourth-order valence-electron chi connectivity index (χ4n) is 1.73. The maximum atomic E-state index is 13.6. The van der Waals surface area contributed by atoms with Gasteiger partial charge in [-0.3, -0.25) is 0 Å². The van der Waals surface area contributed by atoms with E-state index in [0.29, 0.717) is 12.8 Å². The Bertz CT molecular complexity index is 693. The summed E-state index contributed by atoms with van der Waals surface area (Å²) in [5.41, 5.74) is 0. The van der Waals surface area contributed by atoms with Gasteiger partial charge in [-0.15, -0.1) is 0 Å². The van der Waals surface area contributed by atoms with Crippen molar-refractivity contribution in [2.24, 2.45) is 0 Å². The molecule has 1 aromatic rings. The van der Waals surface area contributed by atoms with Crippen molar-refractivity contribution in [1.82, 2.24) is 4.72 Å². The van der Waals surface area contributed by atoms with Gasteiger partial charge in [-0.05, 0) is 31.0 Å². The van der Waals surface area contributed by atoms with Gasteiger partial charge in [0.05, 0.1) is 4.90 Å². The van der Waals surface area contributed by atoms with Crippen LogP contribution in [0.1, 0.15) is 19.3 Å². The van der Waals surface area contributed by atoms with Gasteiger partial charge in [-0.1, -0.05) is 6.42 Å². The highest BCUT2D eigenvalue weighted by atomic mass is 32.2. The van der Waals surface area contributed by atoms with E-state index in [0.717, 1.165) is 30.9 Å². The van der Waals surface area contributed by atoms with Gasteiger partial charge < -0.3 is 0 Å². The second-order valence-electron chi connectivity index (χ2n) is 4.61. The smallest absolute Gasteiger partial charge is 0.224 e. The van der Waals surface area contributed by atoms with Crippen molar-refractivity contribution >= 4 is 19.9 Å². The van der Waals surface area contributed by atoms with Crippen molar-refractivity contribution in [2.45, 2.75) is 35.1 Å². The number of benzene rings is 1. The molecule has 0 unspecified atom stereocenters. The first-order chi connectivity index (χ1) is 8.70. The lowest BCUT2D eigenvalue weighted by molar-refractivity contribution is 0.382. The van der Waals surface area contributed by atoms with Gasteiger partial charge in [0.1, 0.15) is 10.7 Å². The highest BCUT2D eigenvalue weighted by Crippen LogP contribution is 2.24. The number of rotatable bonds is 4. The minimum absolute atomic E-state index is 0.189. The normalized spacial score (nSPS) is 17.2. The summed E-state index contributed by atoms with van der Waals surface area (Å²) in [5, 5.41) is 0. The summed E-state index contributed by atoms with van der Waals surface area (Å²) in [6.07, 6.45) is 3.30. The van der Waals surface area contributed by atoms with Crippen LogP contribution in [0.3, 0.4) is 0 Å². The maximum Gasteiger partial charge on any atom is 0.243 e. The first-order valence-electron chi connectivity index (χ1n) is 5.72. The Labute approximate surface area is 111 Å². The highest BCUT2D eigenvalue weighted by Gasteiger charge is 2.27. The number of halogens is 1. The Balaban J connectivity index is 2.43. The van der Waals surface area contributed by atoms with Crippen LogP contribution in [0.2, 0.25) is 0 Å². The molecule has 1 fully saturated rings. The molecule has 1 aliphatic carbocycles. The van der Waals surface area contributed by atoms with Crippen molar-refractivity contribution < 1.29 is 21.2 Å². The first kappa shape index (κ1) is 14.4. The second-order valence-corrected chi connectivity index (χ2v) is 8.31. The summed E-state index contributed by atoms with van der Waals surface area (Å²) in [7, 11) is -7.60. The van der Waals surface area contributed by atoms with E-state index in [1.807, 2.05) is 0 Å². The van der Waals surface area contributed by atoms with E-state index in [2.05, 4.69) is 4.72 Å². The van der Waals surface area contributed by atoms with E-state index in [1.165, 1.54) is 0 Å². The molecule has 2 rings (SSSR count). The standard InChI is InChI=1S/C11H14FNO4S2/c1-18(14,15)9-5-6-10(12)11(7-9)19(16,17)13-8-3-2-4-8/h5-8,13H,2-4H2,1H3. The molecule has 1 aromatic carbocycles. The van der Waals surface area contributed by atoms with Crippen LogP contribution in [0.15, 0.2) is 28.0 Å². The number of nitrogens with one attached hydrogen (secondary N) is 1. The van der Waals surface area contributed by atoms with Crippen LogP contribution in [0.4, 0.5) is 4.39 Å². The molecule has 5 nitrogen and oxygen atoms in total. The molecule has 0 heterocycles. The number of hydrogen-bond donors (Lipinski definition) is 1. The van der Waals surface area contributed by atoms with Crippen molar-refractivity contribution in [3.63, 3.8) is 0 Å². The monoisotopic (exact) mass is 307 g/mol. The summed E-state index contributed by atoms with van der Waals surface area (Å²) in [6, 6.07) is 2.57. The van der Waals surface area contributed by atoms with Gasteiger partial charge in [-0.2, -0.15) is 0 Å². The molecule has 0 atom stereocenters. The van der Waals surface area contributed by atoms with Gasteiger partial charge in [0.2, 0.25) is 10.0 Å². The number of sulfonamides is 1. The molecular formula is C11H14FNO4S2. The largest absolute Gasteiger partial charge is 0.243 e. The summed E-state index contributed by atoms with van der Waals surface area (Å²) >= 11 is 0. The topological polar surface area (TPSA) is 80.3 Å². The molecule has 19 heavy (non-hydrogen) atoms. The third-order valence-corrected chi connectivity index (χ3v) is 5.69. The molecule has 0 bridgehead atoms. The first-order valence-corrected chi connectivity index (χ1v) is 9.09. The number of hydrogen-bond acceptors (Lipinski definition) is 4. The van der Waals surface area contributed by atoms with Crippen LogP contribution in [-0.2, 0) is 19.9 Å². The SMILES string of the molecule is CS(=O)(=O)c1ccc(F)c(S(=O)(=O)NC2CCC2)c1. The Morgan fingerprint density at radius 1 is 1.21 bits per heavy atom. The molecule has 1 saturated carbocycles. The minimum Gasteiger partial charge on any atom is -0.224 e. The molecule has 0 aromatic heterocycles. The van der Waals surface area contributed by atoms with E-state index < -0.39 is 30.6 Å². The van der Waals surface area contributed by atoms with Crippen LogP contribution >= 0.6 is 0 Å². The average Bonchev–Trinajstić information content (AvgIpc) is 2.22. The van der Waals surface area contributed by atoms with Crippen LogP contribution in [0, 0.1) is 5.82 Å². The molecule has 1 N–H and O–H groups in total. The third-order valence-electron chi connectivity index (χ3n) is 3.05. The quantitative estimate of drug-likeness (QED) is 0.844. The molecule has 0 saturated heterocycles. The van der Waals surface area contributed by atoms with Gasteiger partial charge in [0.25, 0.3) is 0 Å². The molecule has 0 amide bonds. The van der Waals surface area contributed by atoms with Crippen LogP contribution < -0.4 is 4.72 Å². The zero-order valence-corrected chi connectivity index (χ0v) is 11.9. The highest BCUT2D eigenvalue weighted by molar-refractivity contribution is 7.91. The fourth-order valence-corrected chi connectivity index (χ4v) is 3.86. The summed E-state index contributed by atoms with van der Waals surface area (Å²) in [4.78, 5) is -0.842. The van der Waals surface area contributed by atoms with E-state index >= 15 is 0 Å². The zero-order chi connectivity index (χ0) is 14.3. The lowest BCUT2D eigenvalue weighted by Crippen LogP contribution is -2.39. The van der Waals surface area contributed by atoms with Crippen molar-refractivity contribution in [3.8, 4) is 0 Å². The number of sulfone groups is 1. The molecule has 106 valence electrons. The lowest BCUT2D eigenvalue weighted by Gasteiger charge is -2.26. The zero-order valence-electron chi connectivity index (χ0n) is 10.3. The predicted octanol–water partition coefficient (Wildman–Crippen LogP) is 1.06. The van der Waals surface area contributed by atoms with E-state index in [9.17, 15) is 21.2 Å². The van der Waals surface area contributed by atoms with Crippen molar-refractivity contribution in [1.29, 1.82) is 0 Å². The third kappa shape index (κ3) is 3.13. The van der Waals surface area contributed by atoms with E-state index in [4.69, 9.17) is 0 Å². The van der Waals surface area contributed by atoms with Crippen LogP contribution in [0.5, 0.6) is 0 Å². The summed E-state index contributed by atoms with van der Waals surface area (Å²) in [5.74, 6) is -0.959. The Morgan fingerprint density at radius 3 is 2.32 bits per heavy atom. The van der Waals surface area contributed by atoms with Crippen LogP contribution in [0.25, 0.3) is 0 Å². The fraction of sp³-hybridized carbons (Fsp3) is 0.455. The average molecular weight is 307 g/mol. The van der Waals surface area contributed by atoms with Gasteiger partial charge in [-0.25, -0.2) is 25.9 Å². The molecule has 8 heteroatoms. The maximum absolute atomic E-state index is 13.6. The van der Waals surface area contributed by atoms with Gasteiger partial charge in [0.15, 0.2) is 9.84 Å². The molecular weight excluding hydrogens is 293 g/mol. The van der Waals surface area contributed by atoms with E-state index in [1.54, 1.807) is 0 Å². The molecule has 0 spiro atoms. The molecule has 0 aliphatic heterocycles. The lowest BCUT2D eigenvalue weighted by atomic mass is 9.94. The molecule has 1 aliphatic rings. The Morgan fingerprint density at radius 2 is 1.84 bits per heavy atom. The molecule has 0 radical (unpaired) electrons. The predicted molar refractivity (Wildman–Crippen MR) is 67.5 cm³/mol. The van der Waals surface area contributed by atoms with Gasteiger partial charge in [0, 0.05) is 12.3 Å². The van der Waals surface area contributed by atoms with Crippen molar-refractivity contribution in [3.05, 3.63) is 24.0 Å². The van der Waals surface area contributed by atoms with Crippen molar-refractivity contribution in [2.75, 3.05) is 6.26 Å². The summed E-state index contributed by atoms with van der Waals surface area (Å²) in [6.45, 7) is 0. The minimum atomic E-state index is -4.02. The Kier molecular flexibility index (Phi) is 3.67. The van der Waals surface area contributed by atoms with Crippen LogP contribution in [-0.4, -0.2) is 29.1 Å². The van der Waals surface area contributed by atoms with Gasteiger partial charge >= 0.3 is 0 Å². The summed E-state index contributed by atoms with van der Waals surface area (Å²) < 4.78 is 62.7.